The van der Waals surface area contributed by atoms with Gasteiger partial charge in [0, 0.05) is 5.56 Å². The van der Waals surface area contributed by atoms with Crippen molar-refractivity contribution in [2.75, 3.05) is 4.83 Å². The largest absolute Gasteiger partial charge is 0.307 e. The Hall–Kier alpha value is -1.40. The second-order valence-electron chi connectivity index (χ2n) is 3.69. The quantitative estimate of drug-likeness (QED) is 0.860. The highest BCUT2D eigenvalue weighted by Crippen LogP contribution is 2.10. The van der Waals surface area contributed by atoms with E-state index in [1.54, 1.807) is 36.5 Å². The van der Waals surface area contributed by atoms with Gasteiger partial charge in [0.15, 0.2) is 11.5 Å². The number of aryl methyl sites for hydroxylation is 2. The lowest BCUT2D eigenvalue weighted by Crippen LogP contribution is -2.44. The Bertz CT molecular complexity index is 599. The van der Waals surface area contributed by atoms with Crippen LogP contribution in [-0.2, 0) is 10.0 Å². The van der Waals surface area contributed by atoms with Crippen molar-refractivity contribution in [2.24, 2.45) is 0 Å². The van der Waals surface area contributed by atoms with E-state index in [0.717, 1.165) is 10.4 Å². The molecule has 0 aliphatic rings. The molecule has 90 valence electrons. The number of nitrogens with zero attached hydrogens (tertiary/aromatic N) is 1. The van der Waals surface area contributed by atoms with Crippen LogP contribution in [0.3, 0.4) is 0 Å². The maximum atomic E-state index is 12.0. The summed E-state index contributed by atoms with van der Waals surface area (Å²) in [5, 5.41) is 0. The second-order valence-corrected chi connectivity index (χ2v) is 6.54. The van der Waals surface area contributed by atoms with E-state index in [-0.39, 0.29) is 4.90 Å². The molecule has 1 aromatic heterocycles. The third-order valence-corrected chi connectivity index (χ3v) is 4.80. The van der Waals surface area contributed by atoms with Crippen molar-refractivity contribution < 1.29 is 12.5 Å². The third kappa shape index (κ3) is 2.65. The highest BCUT2D eigenvalue weighted by molar-refractivity contribution is 7.92. The molecule has 17 heavy (non-hydrogen) atoms. The van der Waals surface area contributed by atoms with Crippen LogP contribution in [0, 0.1) is 13.8 Å². The van der Waals surface area contributed by atoms with Crippen molar-refractivity contribution in [3.8, 4) is 0 Å². The predicted molar refractivity (Wildman–Crippen MR) is 67.0 cm³/mol. The molecule has 6 heteroatoms. The lowest BCUT2D eigenvalue weighted by atomic mass is 10.3. The van der Waals surface area contributed by atoms with Gasteiger partial charge < -0.3 is 0 Å². The predicted octanol–water partition coefficient (Wildman–Crippen LogP) is 1.58. The second kappa shape index (κ2) is 4.46. The van der Waals surface area contributed by atoms with E-state index in [0.29, 0.717) is 0 Å². The average molecular weight is 269 g/mol. The van der Waals surface area contributed by atoms with Gasteiger partial charge in [-0.1, -0.05) is 23.0 Å². The molecular weight excluding hydrogens is 256 g/mol. The van der Waals surface area contributed by atoms with Gasteiger partial charge in [-0.05, 0) is 30.0 Å². The zero-order valence-electron chi connectivity index (χ0n) is 9.54. The van der Waals surface area contributed by atoms with Crippen molar-refractivity contribution >= 4 is 21.6 Å². The molecule has 2 aromatic rings. The van der Waals surface area contributed by atoms with Crippen LogP contribution in [-0.4, -0.2) is 8.42 Å². The van der Waals surface area contributed by atoms with Crippen molar-refractivity contribution in [1.82, 2.24) is 0 Å². The average Bonchev–Trinajstić information content (AvgIpc) is 2.58. The molecule has 0 radical (unpaired) electrons. The van der Waals surface area contributed by atoms with E-state index in [4.69, 9.17) is 0 Å². The molecule has 0 atom stereocenters. The monoisotopic (exact) mass is 269 g/mol. The summed E-state index contributed by atoms with van der Waals surface area (Å²) in [5.41, 5.74) is 1.06. The number of sulfonamides is 1. The molecule has 0 fully saturated rings. The van der Waals surface area contributed by atoms with Crippen LogP contribution < -0.4 is 8.90 Å². The maximum Gasteiger partial charge on any atom is 0.307 e. The van der Waals surface area contributed by atoms with Crippen LogP contribution in [0.5, 0.6) is 0 Å². The number of nitrogens with one attached hydrogen (secondary N) is 1. The molecule has 0 aliphatic carbocycles. The zero-order chi connectivity index (χ0) is 12.5. The molecule has 0 spiro atoms. The molecule has 0 bridgehead atoms. The summed E-state index contributed by atoms with van der Waals surface area (Å²) in [6.07, 6.45) is 1.76. The molecular formula is C11H13N2O2S2+. The van der Waals surface area contributed by atoms with Crippen LogP contribution in [0.15, 0.2) is 41.4 Å². The fourth-order valence-electron chi connectivity index (χ4n) is 1.33. The highest BCUT2D eigenvalue weighted by atomic mass is 32.2. The highest BCUT2D eigenvalue weighted by Gasteiger charge is 2.20. The van der Waals surface area contributed by atoms with Gasteiger partial charge in [0.2, 0.25) is 6.20 Å². The number of rotatable bonds is 3. The molecule has 1 aromatic carbocycles. The SMILES string of the molecule is Cc1c[n+](NS(=O)(=O)c2ccccc2)sc1C. The Balaban J connectivity index is 2.30. The fourth-order valence-corrected chi connectivity index (χ4v) is 3.38. The Kier molecular flexibility index (Phi) is 3.17. The van der Waals surface area contributed by atoms with Crippen LogP contribution in [0.1, 0.15) is 10.4 Å². The first-order chi connectivity index (χ1) is 7.99. The van der Waals surface area contributed by atoms with E-state index < -0.39 is 10.0 Å². The smallest absolute Gasteiger partial charge is 0.197 e. The third-order valence-electron chi connectivity index (χ3n) is 2.37. The van der Waals surface area contributed by atoms with Crippen LogP contribution in [0.2, 0.25) is 0 Å². The van der Waals surface area contributed by atoms with E-state index in [2.05, 4.69) is 4.83 Å². The summed E-state index contributed by atoms with van der Waals surface area (Å²) in [4.78, 5) is 3.85. The van der Waals surface area contributed by atoms with E-state index >= 15 is 0 Å². The molecule has 4 nitrogen and oxygen atoms in total. The van der Waals surface area contributed by atoms with Gasteiger partial charge in [0.25, 0.3) is 0 Å². The number of benzene rings is 1. The van der Waals surface area contributed by atoms with Gasteiger partial charge >= 0.3 is 10.0 Å². The van der Waals surface area contributed by atoms with Gasteiger partial charge in [-0.3, -0.25) is 0 Å². The van der Waals surface area contributed by atoms with Crippen LogP contribution in [0.25, 0.3) is 0 Å². The van der Waals surface area contributed by atoms with Crippen molar-refractivity contribution in [2.45, 2.75) is 18.7 Å². The van der Waals surface area contributed by atoms with Crippen molar-refractivity contribution in [3.63, 3.8) is 0 Å². The lowest BCUT2D eigenvalue weighted by Gasteiger charge is -1.99. The van der Waals surface area contributed by atoms with Crippen LogP contribution in [0.4, 0.5) is 0 Å². The zero-order valence-corrected chi connectivity index (χ0v) is 11.2. The summed E-state index contributed by atoms with van der Waals surface area (Å²) in [5.74, 6) is 0. The number of hydrogen-bond acceptors (Lipinski definition) is 3. The topological polar surface area (TPSA) is 50.1 Å². The van der Waals surface area contributed by atoms with Gasteiger partial charge in [-0.2, -0.15) is 8.42 Å². The Morgan fingerprint density at radius 1 is 1.18 bits per heavy atom. The molecule has 0 unspecified atom stereocenters. The summed E-state index contributed by atoms with van der Waals surface area (Å²) in [6.45, 7) is 3.90. The minimum atomic E-state index is -3.49. The van der Waals surface area contributed by atoms with Gasteiger partial charge in [-0.25, -0.2) is 0 Å². The first-order valence-corrected chi connectivity index (χ1v) is 7.32. The minimum absolute atomic E-state index is 0.260. The van der Waals surface area contributed by atoms with Gasteiger partial charge in [0.1, 0.15) is 0 Å². The lowest BCUT2D eigenvalue weighted by molar-refractivity contribution is -0.564. The van der Waals surface area contributed by atoms with E-state index in [9.17, 15) is 8.42 Å². The van der Waals surface area contributed by atoms with Gasteiger partial charge in [-0.15, -0.1) is 0 Å². The fraction of sp³-hybridized carbons (Fsp3) is 0.182. The van der Waals surface area contributed by atoms with Gasteiger partial charge in [0.05, 0.1) is 9.77 Å². The molecule has 0 aliphatic heterocycles. The first-order valence-electron chi connectivity index (χ1n) is 5.06. The van der Waals surface area contributed by atoms with E-state index in [1.165, 1.54) is 15.6 Å². The number of aromatic nitrogens is 1. The first kappa shape index (κ1) is 12.1. The van der Waals surface area contributed by atoms with E-state index in [1.807, 2.05) is 13.8 Å². The molecule has 0 saturated carbocycles. The van der Waals surface area contributed by atoms with Crippen molar-refractivity contribution in [3.05, 3.63) is 47.0 Å². The molecule has 0 amide bonds. The molecule has 0 saturated heterocycles. The maximum absolute atomic E-state index is 12.0. The Morgan fingerprint density at radius 3 is 2.35 bits per heavy atom. The molecule has 1 N–H and O–H groups in total. The molecule has 1 heterocycles. The normalized spacial score (nSPS) is 11.4. The summed E-state index contributed by atoms with van der Waals surface area (Å²) >= 11 is 1.36. The molecule has 2 rings (SSSR count). The van der Waals surface area contributed by atoms with Crippen molar-refractivity contribution in [1.29, 1.82) is 0 Å². The van der Waals surface area contributed by atoms with Crippen LogP contribution >= 0.6 is 11.5 Å². The summed E-state index contributed by atoms with van der Waals surface area (Å²) in [7, 11) is -3.49. The minimum Gasteiger partial charge on any atom is -0.197 e. The summed E-state index contributed by atoms with van der Waals surface area (Å²) < 4.78 is 25.5. The Labute approximate surface area is 105 Å². The Morgan fingerprint density at radius 2 is 1.82 bits per heavy atom. The number of hydrogen-bond donors (Lipinski definition) is 1. The summed E-state index contributed by atoms with van der Waals surface area (Å²) in [6, 6.07) is 8.31. The standard InChI is InChI=1S/C11H13N2O2S2/c1-9-8-13(16-10(9)2)12-17(14,15)11-6-4-3-5-7-11/h3-8,12H,1-2H3/q+1.